The van der Waals surface area contributed by atoms with Crippen LogP contribution in [0, 0.1) is 0 Å². The lowest BCUT2D eigenvalue weighted by atomic mass is 10.2. The number of nitrogens with zero attached hydrogens (tertiary/aromatic N) is 4. The smallest absolute Gasteiger partial charge is 0.253 e. The van der Waals surface area contributed by atoms with Crippen LogP contribution in [0.2, 0.25) is 4.34 Å². The maximum atomic E-state index is 14.0. The number of fused-ring (bicyclic) bond motifs is 1. The average molecular weight is 573 g/mol. The van der Waals surface area contributed by atoms with Gasteiger partial charge < -0.3 is 4.90 Å². The maximum absolute atomic E-state index is 14.0. The van der Waals surface area contributed by atoms with Crippen molar-refractivity contribution in [2.45, 2.75) is 41.8 Å². The number of rotatable bonds is 10. The molecule has 0 spiro atoms. The first-order valence-electron chi connectivity index (χ1n) is 11.5. The zero-order valence-corrected chi connectivity index (χ0v) is 24.0. The minimum absolute atomic E-state index is 0.168. The molecule has 1 aromatic carbocycles. The zero-order chi connectivity index (χ0) is 25.2. The third-order valence-corrected chi connectivity index (χ3v) is 11.6. The molecule has 12 heteroatoms. The zero-order valence-electron chi connectivity index (χ0n) is 19.9. The lowest BCUT2D eigenvalue weighted by Gasteiger charge is -2.29. The van der Waals surface area contributed by atoms with Crippen LogP contribution in [0.5, 0.6) is 0 Å². The quantitative estimate of drug-likeness (QED) is 0.308. The van der Waals surface area contributed by atoms with Gasteiger partial charge in [0.25, 0.3) is 10.0 Å². The summed E-state index contributed by atoms with van der Waals surface area (Å²) in [6, 6.07) is 8.41. The Labute approximate surface area is 224 Å². The third kappa shape index (κ3) is 5.71. The van der Waals surface area contributed by atoms with Gasteiger partial charge in [-0.25, -0.2) is 13.4 Å². The number of halogens is 1. The lowest BCUT2D eigenvalue weighted by Crippen LogP contribution is -2.49. The Kier molecular flexibility index (Phi) is 8.78. The molecule has 190 valence electrons. The number of benzene rings is 1. The van der Waals surface area contributed by atoms with Crippen LogP contribution in [-0.2, 0) is 14.8 Å². The van der Waals surface area contributed by atoms with Crippen LogP contribution in [0.15, 0.2) is 39.4 Å². The van der Waals surface area contributed by atoms with Crippen LogP contribution >= 0.6 is 46.0 Å². The van der Waals surface area contributed by atoms with E-state index >= 15 is 0 Å². The van der Waals surface area contributed by atoms with Crippen LogP contribution in [0.4, 0.5) is 5.13 Å². The third-order valence-electron chi connectivity index (χ3n) is 6.22. The number of hydrogen-bond acceptors (Lipinski definition) is 8. The van der Waals surface area contributed by atoms with Gasteiger partial charge in [0.15, 0.2) is 5.13 Å². The molecule has 1 amide bonds. The maximum Gasteiger partial charge on any atom is 0.253 e. The molecule has 0 saturated carbocycles. The Balaban J connectivity index is 1.67. The number of thiazole rings is 1. The summed E-state index contributed by atoms with van der Waals surface area (Å²) in [5.74, 6) is -0.218. The predicted molar refractivity (Wildman–Crippen MR) is 148 cm³/mol. The van der Waals surface area contributed by atoms with Crippen molar-refractivity contribution >= 4 is 77.3 Å². The molecule has 0 N–H and O–H groups in total. The summed E-state index contributed by atoms with van der Waals surface area (Å²) in [5, 5.41) is 0.610. The minimum Gasteiger partial charge on any atom is -0.302 e. The van der Waals surface area contributed by atoms with E-state index in [1.807, 2.05) is 18.4 Å². The van der Waals surface area contributed by atoms with Crippen molar-refractivity contribution in [1.29, 1.82) is 0 Å². The van der Waals surface area contributed by atoms with Crippen LogP contribution in [0.3, 0.4) is 0 Å². The van der Waals surface area contributed by atoms with E-state index in [-0.39, 0.29) is 10.1 Å². The van der Waals surface area contributed by atoms with E-state index in [1.165, 1.54) is 21.7 Å². The summed E-state index contributed by atoms with van der Waals surface area (Å²) in [4.78, 5) is 23.8. The van der Waals surface area contributed by atoms with E-state index in [9.17, 15) is 13.2 Å². The van der Waals surface area contributed by atoms with Gasteiger partial charge in [-0.1, -0.05) is 36.8 Å². The van der Waals surface area contributed by atoms with Crippen molar-refractivity contribution in [1.82, 2.24) is 14.2 Å². The standard InChI is InChI=1S/C23H29ClN4O3S4/c1-4-26(5-2)13-14-27(23-25-17-9-8-16(32-3)15-19(17)33-23)22(29)18-7-6-12-28(18)35(30,31)21-11-10-20(24)34-21/h8-11,15,18H,4-7,12-14H2,1-3H3. The van der Waals surface area contributed by atoms with E-state index in [4.69, 9.17) is 16.6 Å². The van der Waals surface area contributed by atoms with E-state index in [2.05, 4.69) is 24.8 Å². The van der Waals surface area contributed by atoms with Crippen LogP contribution in [0.1, 0.15) is 26.7 Å². The summed E-state index contributed by atoms with van der Waals surface area (Å²) in [7, 11) is -3.81. The van der Waals surface area contributed by atoms with E-state index in [0.717, 1.165) is 39.5 Å². The predicted octanol–water partition coefficient (Wildman–Crippen LogP) is 5.26. The molecule has 4 rings (SSSR count). The minimum atomic E-state index is -3.81. The lowest BCUT2D eigenvalue weighted by molar-refractivity contribution is -0.121. The Hall–Kier alpha value is -1.21. The van der Waals surface area contributed by atoms with Crippen molar-refractivity contribution in [3.63, 3.8) is 0 Å². The second-order valence-corrected chi connectivity index (χ2v) is 13.9. The van der Waals surface area contributed by atoms with Gasteiger partial charge in [-0.2, -0.15) is 4.31 Å². The van der Waals surface area contributed by atoms with Gasteiger partial charge in [0, 0.05) is 24.5 Å². The molecule has 0 radical (unpaired) electrons. The Morgan fingerprint density at radius 3 is 2.63 bits per heavy atom. The number of hydrogen-bond donors (Lipinski definition) is 0. The second kappa shape index (κ2) is 11.5. The van der Waals surface area contributed by atoms with Crippen molar-refractivity contribution < 1.29 is 13.2 Å². The van der Waals surface area contributed by atoms with Crippen molar-refractivity contribution in [2.75, 3.05) is 43.9 Å². The normalized spacial score (nSPS) is 17.0. The summed E-state index contributed by atoms with van der Waals surface area (Å²) >= 11 is 10.2. The molecular formula is C23H29ClN4O3S4. The topological polar surface area (TPSA) is 73.8 Å². The highest BCUT2D eigenvalue weighted by Crippen LogP contribution is 2.35. The van der Waals surface area contributed by atoms with Crippen molar-refractivity contribution in [3.8, 4) is 0 Å². The second-order valence-electron chi connectivity index (χ2n) is 8.18. The monoisotopic (exact) mass is 572 g/mol. The van der Waals surface area contributed by atoms with Gasteiger partial charge in [0.1, 0.15) is 10.3 Å². The average Bonchev–Trinajstić information content (AvgIpc) is 3.60. The number of carbonyl (C=O) groups excluding carboxylic acids is 1. The molecule has 1 unspecified atom stereocenters. The first-order valence-corrected chi connectivity index (χ1v) is 16.2. The molecule has 7 nitrogen and oxygen atoms in total. The molecule has 1 fully saturated rings. The fourth-order valence-electron chi connectivity index (χ4n) is 4.22. The van der Waals surface area contributed by atoms with Gasteiger partial charge in [0.2, 0.25) is 5.91 Å². The SMILES string of the molecule is CCN(CC)CCN(C(=O)C1CCCN1S(=O)(=O)c1ccc(Cl)s1)c1nc2ccc(SC)cc2s1. The molecule has 35 heavy (non-hydrogen) atoms. The van der Waals surface area contributed by atoms with Gasteiger partial charge >= 0.3 is 0 Å². The summed E-state index contributed by atoms with van der Waals surface area (Å²) < 4.78 is 29.7. The number of thioether (sulfide) groups is 1. The summed E-state index contributed by atoms with van der Waals surface area (Å²) in [5.41, 5.74) is 0.840. The fraction of sp³-hybridized carbons (Fsp3) is 0.478. The number of amides is 1. The van der Waals surface area contributed by atoms with Crippen molar-refractivity contribution in [2.24, 2.45) is 0 Å². The first kappa shape index (κ1) is 26.8. The van der Waals surface area contributed by atoms with Crippen molar-refractivity contribution in [3.05, 3.63) is 34.7 Å². The molecule has 1 aliphatic heterocycles. The van der Waals surface area contributed by atoms with Gasteiger partial charge in [0.05, 0.1) is 14.6 Å². The molecule has 3 aromatic rings. The highest BCUT2D eigenvalue weighted by molar-refractivity contribution is 7.98. The number of anilines is 1. The number of likely N-dealkylation sites (N-methyl/N-ethyl adjacent to an activating group) is 1. The van der Waals surface area contributed by atoms with Gasteiger partial charge in [-0.05, 0) is 62.5 Å². The number of aromatic nitrogens is 1. The Morgan fingerprint density at radius 2 is 1.97 bits per heavy atom. The van der Waals surface area contributed by atoms with Crippen LogP contribution < -0.4 is 4.90 Å². The molecule has 0 bridgehead atoms. The molecule has 1 saturated heterocycles. The molecule has 1 aliphatic rings. The number of carbonyl (C=O) groups is 1. The van der Waals surface area contributed by atoms with Gasteiger partial charge in [-0.15, -0.1) is 23.1 Å². The Bertz CT molecular complexity index is 1290. The summed E-state index contributed by atoms with van der Waals surface area (Å²) in [6.07, 6.45) is 3.15. The highest BCUT2D eigenvalue weighted by Gasteiger charge is 2.42. The number of thiophene rings is 1. The largest absolute Gasteiger partial charge is 0.302 e. The van der Waals surface area contributed by atoms with E-state index in [0.29, 0.717) is 41.9 Å². The molecule has 0 aliphatic carbocycles. The van der Waals surface area contributed by atoms with Gasteiger partial charge in [-0.3, -0.25) is 9.69 Å². The molecule has 3 heterocycles. The van der Waals surface area contributed by atoms with Crippen LogP contribution in [0.25, 0.3) is 10.2 Å². The number of sulfonamides is 1. The van der Waals surface area contributed by atoms with Crippen LogP contribution in [-0.4, -0.2) is 73.5 Å². The molecule has 2 aromatic heterocycles. The Morgan fingerprint density at radius 1 is 1.20 bits per heavy atom. The highest BCUT2D eigenvalue weighted by atomic mass is 35.5. The molecule has 1 atom stereocenters. The van der Waals surface area contributed by atoms with E-state index < -0.39 is 16.1 Å². The fourth-order valence-corrected chi connectivity index (χ4v) is 9.04. The van der Waals surface area contributed by atoms with E-state index in [1.54, 1.807) is 22.7 Å². The first-order chi connectivity index (χ1) is 16.8. The molecular weight excluding hydrogens is 544 g/mol. The summed E-state index contributed by atoms with van der Waals surface area (Å²) in [6.45, 7) is 7.38.